The number of nitrogen functional groups attached to an aromatic ring is 1. The second-order valence-corrected chi connectivity index (χ2v) is 10.2. The number of phenols is 1. The molecule has 186 valence electrons. The van der Waals surface area contributed by atoms with E-state index in [9.17, 15) is 9.90 Å². The topological polar surface area (TPSA) is 93.9 Å². The molecule has 1 saturated carbocycles. The zero-order valence-electron chi connectivity index (χ0n) is 20.5. The number of rotatable bonds is 6. The highest BCUT2D eigenvalue weighted by Gasteiger charge is 2.28. The van der Waals surface area contributed by atoms with Crippen molar-refractivity contribution >= 4 is 22.9 Å². The van der Waals surface area contributed by atoms with Crippen LogP contribution in [0.3, 0.4) is 0 Å². The molecule has 0 unspecified atom stereocenters. The van der Waals surface area contributed by atoms with Gasteiger partial charge in [-0.05, 0) is 47.2 Å². The molecule has 0 spiro atoms. The van der Waals surface area contributed by atoms with E-state index in [0.717, 1.165) is 43.7 Å². The second-order valence-electron chi connectivity index (χ2n) is 10.2. The van der Waals surface area contributed by atoms with E-state index in [2.05, 4.69) is 40.4 Å². The number of aromatic hydroxyl groups is 1. The molecular weight excluding hydrogens is 438 g/mol. The lowest BCUT2D eigenvalue weighted by atomic mass is 9.83. The maximum Gasteiger partial charge on any atom is 0.258 e. The van der Waals surface area contributed by atoms with Gasteiger partial charge in [-0.3, -0.25) is 10.6 Å². The molecule has 0 aromatic heterocycles. The van der Waals surface area contributed by atoms with E-state index in [0.29, 0.717) is 30.3 Å². The number of hydrogen-bond donors (Lipinski definition) is 4. The summed E-state index contributed by atoms with van der Waals surface area (Å²) in [6.45, 7) is 9.38. The van der Waals surface area contributed by atoms with E-state index in [-0.39, 0.29) is 11.7 Å². The first-order valence-corrected chi connectivity index (χ1v) is 12.9. The third-order valence-electron chi connectivity index (χ3n) is 7.84. The molecule has 2 heterocycles. The summed E-state index contributed by atoms with van der Waals surface area (Å²) in [5.41, 5.74) is 8.93. The van der Waals surface area contributed by atoms with Crippen LogP contribution >= 0.6 is 0 Å². The number of phenolic OH excluding ortho intramolecular Hbond substituents is 1. The van der Waals surface area contributed by atoms with Gasteiger partial charge in [-0.25, -0.2) is 0 Å². The monoisotopic (exact) mass is 475 g/mol. The molecule has 0 radical (unpaired) electrons. The number of hydrazine groups is 1. The van der Waals surface area contributed by atoms with E-state index in [1.165, 1.54) is 48.9 Å². The molecule has 2 aromatic rings. The average molecular weight is 476 g/mol. The molecule has 1 saturated heterocycles. The van der Waals surface area contributed by atoms with Crippen molar-refractivity contribution in [3.05, 3.63) is 59.2 Å². The summed E-state index contributed by atoms with van der Waals surface area (Å²) in [7, 11) is 0. The molecule has 0 bridgehead atoms. The lowest BCUT2D eigenvalue weighted by Crippen LogP contribution is -2.43. The number of piperazine rings is 1. The molecule has 7 heteroatoms. The van der Waals surface area contributed by atoms with Crippen LogP contribution in [0.25, 0.3) is 5.57 Å². The lowest BCUT2D eigenvalue weighted by molar-refractivity contribution is 0.0748. The van der Waals surface area contributed by atoms with Crippen molar-refractivity contribution in [2.75, 3.05) is 36.5 Å². The Balaban J connectivity index is 1.34. The molecule has 7 nitrogen and oxygen atoms in total. The number of nitrogens with zero attached hydrogens (tertiary/aromatic N) is 2. The van der Waals surface area contributed by atoms with Crippen molar-refractivity contribution in [1.82, 2.24) is 10.2 Å². The molecule has 5 N–H and O–H groups in total. The SMILES string of the molecule is C=C(CC1CCCCC1)c1cc(C(=O)N2Cc3ccc(N4CCNCC4)cc3C2)c(O)cc1NN. The van der Waals surface area contributed by atoms with Crippen LogP contribution in [0.2, 0.25) is 0 Å². The number of fused-ring (bicyclic) bond motifs is 1. The second kappa shape index (κ2) is 10.3. The van der Waals surface area contributed by atoms with Gasteiger partial charge in [-0.2, -0.15) is 0 Å². The minimum absolute atomic E-state index is 0.0605. The summed E-state index contributed by atoms with van der Waals surface area (Å²) in [5, 5.41) is 14.1. The minimum atomic E-state index is -0.169. The summed E-state index contributed by atoms with van der Waals surface area (Å²) in [6, 6.07) is 9.84. The van der Waals surface area contributed by atoms with Gasteiger partial charge in [-0.1, -0.05) is 44.7 Å². The molecule has 5 rings (SSSR count). The number of amides is 1. The number of allylic oxidation sites excluding steroid dienone is 1. The van der Waals surface area contributed by atoms with Gasteiger partial charge in [0.25, 0.3) is 5.91 Å². The van der Waals surface area contributed by atoms with Crippen molar-refractivity contribution in [2.45, 2.75) is 51.6 Å². The van der Waals surface area contributed by atoms with Gasteiger partial charge in [0.2, 0.25) is 0 Å². The Hall–Kier alpha value is -3.03. The van der Waals surface area contributed by atoms with Gasteiger partial charge in [0.05, 0.1) is 11.3 Å². The fourth-order valence-corrected chi connectivity index (χ4v) is 5.84. The number of carbonyl (C=O) groups is 1. The first-order chi connectivity index (χ1) is 17.0. The van der Waals surface area contributed by atoms with Crippen LogP contribution in [0.5, 0.6) is 5.75 Å². The smallest absolute Gasteiger partial charge is 0.258 e. The molecule has 2 aromatic carbocycles. The first kappa shape index (κ1) is 23.7. The van der Waals surface area contributed by atoms with E-state index in [1.807, 2.05) is 4.90 Å². The molecule has 2 fully saturated rings. The molecule has 1 amide bonds. The number of anilines is 2. The van der Waals surface area contributed by atoms with Crippen molar-refractivity contribution in [2.24, 2.45) is 11.8 Å². The van der Waals surface area contributed by atoms with Gasteiger partial charge in [0.1, 0.15) is 5.75 Å². The number of nitrogens with two attached hydrogens (primary N) is 1. The largest absolute Gasteiger partial charge is 0.507 e. The Bertz CT molecular complexity index is 1100. The molecule has 35 heavy (non-hydrogen) atoms. The van der Waals surface area contributed by atoms with Gasteiger partial charge in [-0.15, -0.1) is 0 Å². The summed E-state index contributed by atoms with van der Waals surface area (Å²) < 4.78 is 0. The summed E-state index contributed by atoms with van der Waals surface area (Å²) >= 11 is 0. The van der Waals surface area contributed by atoms with Gasteiger partial charge in [0.15, 0.2) is 0 Å². The molecule has 1 aliphatic carbocycles. The van der Waals surface area contributed by atoms with Crippen molar-refractivity contribution in [3.8, 4) is 5.75 Å². The maximum absolute atomic E-state index is 13.6. The Kier molecular flexibility index (Phi) is 6.97. The quantitative estimate of drug-likeness (QED) is 0.369. The third kappa shape index (κ3) is 5.02. The standard InChI is InChI=1S/C28H37N5O2/c1-19(13-20-5-3-2-4-6-20)24-15-25(27(34)16-26(24)31-29)28(35)33-17-21-7-8-23(14-22(21)18-33)32-11-9-30-10-12-32/h7-8,14-16,20,30-31,34H,1-6,9-13,17-18,29H2. The van der Waals surface area contributed by atoms with Gasteiger partial charge < -0.3 is 25.6 Å². The molecular formula is C28H37N5O2. The Labute approximate surface area is 208 Å². The van der Waals surface area contributed by atoms with E-state index < -0.39 is 0 Å². The lowest BCUT2D eigenvalue weighted by Gasteiger charge is -2.29. The molecule has 3 aliphatic rings. The van der Waals surface area contributed by atoms with Gasteiger partial charge >= 0.3 is 0 Å². The van der Waals surface area contributed by atoms with E-state index in [4.69, 9.17) is 5.84 Å². The van der Waals surface area contributed by atoms with Crippen LogP contribution in [0.1, 0.15) is 65.6 Å². The van der Waals surface area contributed by atoms with Crippen molar-refractivity contribution in [1.29, 1.82) is 0 Å². The summed E-state index contributed by atoms with van der Waals surface area (Å²) in [5.74, 6) is 6.16. The normalized spacial score (nSPS) is 18.4. The number of nitrogens with one attached hydrogen (secondary N) is 2. The molecule has 2 aliphatic heterocycles. The van der Waals surface area contributed by atoms with Crippen LogP contribution in [0.4, 0.5) is 11.4 Å². The van der Waals surface area contributed by atoms with Crippen LogP contribution in [-0.2, 0) is 13.1 Å². The fraction of sp³-hybridized carbons (Fsp3) is 0.464. The number of benzene rings is 2. The van der Waals surface area contributed by atoms with Crippen LogP contribution in [0.15, 0.2) is 36.9 Å². The van der Waals surface area contributed by atoms with E-state index >= 15 is 0 Å². The number of hydrogen-bond acceptors (Lipinski definition) is 6. The molecule has 0 atom stereocenters. The summed E-state index contributed by atoms with van der Waals surface area (Å²) in [6.07, 6.45) is 7.17. The zero-order chi connectivity index (χ0) is 24.4. The first-order valence-electron chi connectivity index (χ1n) is 12.9. The van der Waals surface area contributed by atoms with Crippen molar-refractivity contribution < 1.29 is 9.90 Å². The van der Waals surface area contributed by atoms with Crippen LogP contribution < -0.4 is 21.5 Å². The predicted molar refractivity (Wildman–Crippen MR) is 141 cm³/mol. The Morgan fingerprint density at radius 2 is 1.80 bits per heavy atom. The van der Waals surface area contributed by atoms with E-state index in [1.54, 1.807) is 12.1 Å². The zero-order valence-corrected chi connectivity index (χ0v) is 20.5. The maximum atomic E-state index is 13.6. The number of carbonyl (C=O) groups excluding carboxylic acids is 1. The minimum Gasteiger partial charge on any atom is -0.507 e. The highest BCUT2D eigenvalue weighted by atomic mass is 16.3. The predicted octanol–water partition coefficient (Wildman–Crippen LogP) is 4.23. The highest BCUT2D eigenvalue weighted by molar-refractivity contribution is 5.99. The van der Waals surface area contributed by atoms with Crippen LogP contribution in [-0.4, -0.2) is 42.1 Å². The van der Waals surface area contributed by atoms with Crippen molar-refractivity contribution in [3.63, 3.8) is 0 Å². The highest BCUT2D eigenvalue weighted by Crippen LogP contribution is 2.38. The van der Waals surface area contributed by atoms with Gasteiger partial charge in [0, 0.05) is 56.6 Å². The average Bonchev–Trinajstić information content (AvgIpc) is 3.32. The summed E-state index contributed by atoms with van der Waals surface area (Å²) in [4.78, 5) is 17.7. The Morgan fingerprint density at radius 3 is 2.54 bits per heavy atom. The fourth-order valence-electron chi connectivity index (χ4n) is 5.84. The Morgan fingerprint density at radius 1 is 1.06 bits per heavy atom. The third-order valence-corrected chi connectivity index (χ3v) is 7.84. The van der Waals surface area contributed by atoms with Crippen LogP contribution in [0, 0.1) is 5.92 Å².